The molecule has 22 heavy (non-hydrogen) atoms. The van der Waals surface area contributed by atoms with Gasteiger partial charge in [0.25, 0.3) is 0 Å². The van der Waals surface area contributed by atoms with Gasteiger partial charge in [0.15, 0.2) is 0 Å². The molecule has 1 aliphatic heterocycles. The third-order valence-corrected chi connectivity index (χ3v) is 4.45. The second kappa shape index (κ2) is 7.43. The molecule has 4 nitrogen and oxygen atoms in total. The van der Waals surface area contributed by atoms with Gasteiger partial charge in [-0.15, -0.1) is 0 Å². The number of hydrogen-bond acceptors (Lipinski definition) is 2. The lowest BCUT2D eigenvalue weighted by Gasteiger charge is -2.28. The fourth-order valence-electron chi connectivity index (χ4n) is 2.94. The van der Waals surface area contributed by atoms with E-state index >= 15 is 0 Å². The van der Waals surface area contributed by atoms with E-state index in [1.165, 1.54) is 0 Å². The van der Waals surface area contributed by atoms with Crippen molar-refractivity contribution >= 4 is 23.2 Å². The van der Waals surface area contributed by atoms with Crippen LogP contribution in [0.5, 0.6) is 0 Å². The Kier molecular flexibility index (Phi) is 5.58. The van der Waals surface area contributed by atoms with Gasteiger partial charge in [-0.1, -0.05) is 19.9 Å². The zero-order chi connectivity index (χ0) is 16.1. The molecule has 1 fully saturated rings. The molecule has 1 N–H and O–H groups in total. The maximum atomic E-state index is 12.2. The standard InChI is InChI=1S/C18H26N2O2/c1-4-14(5-2)18(22)19-15-10-9-13(3)16(12-15)20-11-7-6-8-17(20)21/h9-10,12,14H,4-8,11H2,1-3H3,(H,19,22). The summed E-state index contributed by atoms with van der Waals surface area (Å²) in [6, 6.07) is 5.81. The van der Waals surface area contributed by atoms with Crippen molar-refractivity contribution in [1.29, 1.82) is 0 Å². The highest BCUT2D eigenvalue weighted by molar-refractivity contribution is 5.97. The van der Waals surface area contributed by atoms with Crippen molar-refractivity contribution in [2.75, 3.05) is 16.8 Å². The Morgan fingerprint density at radius 2 is 2.00 bits per heavy atom. The lowest BCUT2D eigenvalue weighted by atomic mass is 10.0. The summed E-state index contributed by atoms with van der Waals surface area (Å²) in [5.41, 5.74) is 2.76. The minimum atomic E-state index is 0.0429. The summed E-state index contributed by atoms with van der Waals surface area (Å²) < 4.78 is 0. The third kappa shape index (κ3) is 3.67. The van der Waals surface area contributed by atoms with E-state index in [9.17, 15) is 9.59 Å². The van der Waals surface area contributed by atoms with Crippen LogP contribution >= 0.6 is 0 Å². The van der Waals surface area contributed by atoms with Crippen LogP contribution in [0.2, 0.25) is 0 Å². The topological polar surface area (TPSA) is 49.4 Å². The predicted molar refractivity (Wildman–Crippen MR) is 90.1 cm³/mol. The molecule has 2 amide bonds. The van der Waals surface area contributed by atoms with Crippen molar-refractivity contribution in [3.05, 3.63) is 23.8 Å². The van der Waals surface area contributed by atoms with E-state index in [1.807, 2.05) is 43.9 Å². The Morgan fingerprint density at radius 3 is 2.64 bits per heavy atom. The monoisotopic (exact) mass is 302 g/mol. The van der Waals surface area contributed by atoms with Crippen molar-refractivity contribution in [2.24, 2.45) is 5.92 Å². The van der Waals surface area contributed by atoms with Gasteiger partial charge in [0, 0.05) is 30.3 Å². The molecule has 0 aromatic heterocycles. The number of rotatable bonds is 5. The van der Waals surface area contributed by atoms with Gasteiger partial charge in [-0.05, 0) is 50.3 Å². The lowest BCUT2D eigenvalue weighted by molar-refractivity contribution is -0.120. The number of anilines is 2. The number of nitrogens with one attached hydrogen (secondary N) is 1. The summed E-state index contributed by atoms with van der Waals surface area (Å²) in [4.78, 5) is 26.2. The molecule has 1 aromatic rings. The molecule has 0 aliphatic carbocycles. The number of hydrogen-bond donors (Lipinski definition) is 1. The van der Waals surface area contributed by atoms with E-state index in [0.717, 1.165) is 49.2 Å². The minimum absolute atomic E-state index is 0.0429. The first-order valence-corrected chi connectivity index (χ1v) is 8.28. The maximum absolute atomic E-state index is 12.2. The van der Waals surface area contributed by atoms with Crippen LogP contribution in [-0.4, -0.2) is 18.4 Å². The van der Waals surface area contributed by atoms with Gasteiger partial charge in [-0.2, -0.15) is 0 Å². The largest absolute Gasteiger partial charge is 0.326 e. The Labute approximate surface area is 132 Å². The second-order valence-electron chi connectivity index (χ2n) is 6.01. The molecule has 1 aliphatic rings. The van der Waals surface area contributed by atoms with Crippen LogP contribution in [0, 0.1) is 12.8 Å². The third-order valence-electron chi connectivity index (χ3n) is 4.45. The molecule has 4 heteroatoms. The Hall–Kier alpha value is -1.84. The van der Waals surface area contributed by atoms with E-state index in [1.54, 1.807) is 0 Å². The number of carbonyl (C=O) groups is 2. The lowest BCUT2D eigenvalue weighted by Crippen LogP contribution is -2.35. The fraction of sp³-hybridized carbons (Fsp3) is 0.556. The zero-order valence-corrected chi connectivity index (χ0v) is 13.8. The van der Waals surface area contributed by atoms with E-state index < -0.39 is 0 Å². The molecule has 0 radical (unpaired) electrons. The normalized spacial score (nSPS) is 15.3. The van der Waals surface area contributed by atoms with Gasteiger partial charge >= 0.3 is 0 Å². The first-order valence-electron chi connectivity index (χ1n) is 8.28. The van der Waals surface area contributed by atoms with Crippen LogP contribution < -0.4 is 10.2 Å². The SMILES string of the molecule is CCC(CC)C(=O)Nc1ccc(C)c(N2CCCCC2=O)c1. The van der Waals surface area contributed by atoms with E-state index in [4.69, 9.17) is 0 Å². The molecular weight excluding hydrogens is 276 g/mol. The highest BCUT2D eigenvalue weighted by atomic mass is 16.2. The Bertz CT molecular complexity index is 550. The Morgan fingerprint density at radius 1 is 1.27 bits per heavy atom. The van der Waals surface area contributed by atoms with Gasteiger partial charge in [-0.25, -0.2) is 0 Å². The molecule has 1 saturated heterocycles. The van der Waals surface area contributed by atoms with Crippen molar-refractivity contribution < 1.29 is 9.59 Å². The minimum Gasteiger partial charge on any atom is -0.326 e. The molecule has 120 valence electrons. The molecule has 1 heterocycles. The summed E-state index contributed by atoms with van der Waals surface area (Å²) in [7, 11) is 0. The van der Waals surface area contributed by atoms with Crippen LogP contribution in [0.15, 0.2) is 18.2 Å². The molecule has 2 rings (SSSR count). The zero-order valence-electron chi connectivity index (χ0n) is 13.8. The number of carbonyl (C=O) groups excluding carboxylic acids is 2. The number of nitrogens with zero attached hydrogens (tertiary/aromatic N) is 1. The number of benzene rings is 1. The van der Waals surface area contributed by atoms with Crippen molar-refractivity contribution in [1.82, 2.24) is 0 Å². The average Bonchev–Trinajstić information content (AvgIpc) is 2.51. The Balaban J connectivity index is 2.19. The van der Waals surface area contributed by atoms with Gasteiger partial charge < -0.3 is 10.2 Å². The van der Waals surface area contributed by atoms with Crippen molar-refractivity contribution in [3.63, 3.8) is 0 Å². The van der Waals surface area contributed by atoms with Gasteiger partial charge in [0.1, 0.15) is 0 Å². The fourth-order valence-corrected chi connectivity index (χ4v) is 2.94. The van der Waals surface area contributed by atoms with Crippen LogP contribution in [0.25, 0.3) is 0 Å². The smallest absolute Gasteiger partial charge is 0.227 e. The molecule has 0 spiro atoms. The van der Waals surface area contributed by atoms with Crippen LogP contribution in [0.1, 0.15) is 51.5 Å². The predicted octanol–water partition coefficient (Wildman–Crippen LogP) is 3.89. The molecule has 0 bridgehead atoms. The highest BCUT2D eigenvalue weighted by Crippen LogP contribution is 2.28. The molecule has 0 atom stereocenters. The van der Waals surface area contributed by atoms with E-state index in [2.05, 4.69) is 5.32 Å². The summed E-state index contributed by atoms with van der Waals surface area (Å²) in [5.74, 6) is 0.281. The first kappa shape index (κ1) is 16.5. The van der Waals surface area contributed by atoms with Crippen molar-refractivity contribution in [3.8, 4) is 0 Å². The average molecular weight is 302 g/mol. The summed E-state index contributed by atoms with van der Waals surface area (Å²) in [6.45, 7) is 6.83. The maximum Gasteiger partial charge on any atom is 0.227 e. The highest BCUT2D eigenvalue weighted by Gasteiger charge is 2.22. The summed E-state index contributed by atoms with van der Waals surface area (Å²) >= 11 is 0. The summed E-state index contributed by atoms with van der Waals surface area (Å²) in [6.07, 6.45) is 4.30. The van der Waals surface area contributed by atoms with Crippen LogP contribution in [0.3, 0.4) is 0 Å². The quantitative estimate of drug-likeness (QED) is 0.897. The molecule has 1 aromatic carbocycles. The van der Waals surface area contributed by atoms with Gasteiger partial charge in [0.05, 0.1) is 0 Å². The van der Waals surface area contributed by atoms with Crippen LogP contribution in [-0.2, 0) is 9.59 Å². The molecular formula is C18H26N2O2. The number of piperidine rings is 1. The first-order chi connectivity index (χ1) is 10.6. The van der Waals surface area contributed by atoms with Gasteiger partial charge in [-0.3, -0.25) is 9.59 Å². The number of aryl methyl sites for hydroxylation is 1. The molecule has 0 saturated carbocycles. The second-order valence-corrected chi connectivity index (χ2v) is 6.01. The number of amides is 2. The van der Waals surface area contributed by atoms with Crippen LogP contribution in [0.4, 0.5) is 11.4 Å². The van der Waals surface area contributed by atoms with E-state index in [-0.39, 0.29) is 17.7 Å². The van der Waals surface area contributed by atoms with Gasteiger partial charge in [0.2, 0.25) is 11.8 Å². The van der Waals surface area contributed by atoms with E-state index in [0.29, 0.717) is 6.42 Å². The molecule has 0 unspecified atom stereocenters. The van der Waals surface area contributed by atoms with Crippen molar-refractivity contribution in [2.45, 2.75) is 52.9 Å². The summed E-state index contributed by atoms with van der Waals surface area (Å²) in [5, 5.41) is 2.99.